The minimum absolute atomic E-state index is 0.242. The average Bonchev–Trinajstić information content (AvgIpc) is 2.57. The lowest BCUT2D eigenvalue weighted by molar-refractivity contribution is 0.439. The van der Waals surface area contributed by atoms with Gasteiger partial charge in [-0.2, -0.15) is 0 Å². The lowest BCUT2D eigenvalue weighted by atomic mass is 10.2. The summed E-state index contributed by atoms with van der Waals surface area (Å²) in [6, 6.07) is 3.23. The van der Waals surface area contributed by atoms with Gasteiger partial charge in [-0.15, -0.1) is 0 Å². The number of aromatic nitrogens is 2. The molecule has 4 nitrogen and oxygen atoms in total. The topological polar surface area (TPSA) is 64.9 Å². The minimum atomic E-state index is 0.242. The van der Waals surface area contributed by atoms with Crippen molar-refractivity contribution in [2.45, 2.75) is 0 Å². The monoisotopic (exact) mass is 229 g/mol. The summed E-state index contributed by atoms with van der Waals surface area (Å²) in [6.45, 7) is 0. The molecule has 2 aromatic heterocycles. The maximum atomic E-state index is 5.79. The van der Waals surface area contributed by atoms with Crippen LogP contribution in [0, 0.1) is 0 Å². The van der Waals surface area contributed by atoms with Crippen molar-refractivity contribution in [3.63, 3.8) is 0 Å². The zero-order valence-corrected chi connectivity index (χ0v) is 8.38. The van der Waals surface area contributed by atoms with E-state index >= 15 is 0 Å². The fraction of sp³-hybridized carbons (Fsp3) is 0. The molecule has 0 saturated heterocycles. The molecule has 0 aliphatic heterocycles. The molecule has 0 spiro atoms. The number of anilines is 1. The van der Waals surface area contributed by atoms with E-state index in [0.29, 0.717) is 16.3 Å². The Kier molecular flexibility index (Phi) is 2.31. The summed E-state index contributed by atoms with van der Waals surface area (Å²) in [4.78, 5) is 3.88. The van der Waals surface area contributed by atoms with Crippen molar-refractivity contribution in [2.75, 3.05) is 5.73 Å². The van der Waals surface area contributed by atoms with E-state index in [1.165, 1.54) is 0 Å². The molecule has 2 rings (SSSR count). The highest BCUT2D eigenvalue weighted by Gasteiger charge is 2.07. The first-order chi connectivity index (χ1) is 6.66. The fourth-order valence-corrected chi connectivity index (χ4v) is 1.26. The van der Waals surface area contributed by atoms with Crippen LogP contribution in [0.2, 0.25) is 10.2 Å². The number of pyridine rings is 1. The van der Waals surface area contributed by atoms with Gasteiger partial charge < -0.3 is 10.3 Å². The van der Waals surface area contributed by atoms with Gasteiger partial charge in [0, 0.05) is 17.8 Å². The molecule has 0 aliphatic carbocycles. The average molecular weight is 230 g/mol. The first-order valence-electron chi connectivity index (χ1n) is 3.70. The van der Waals surface area contributed by atoms with E-state index in [2.05, 4.69) is 10.1 Å². The van der Waals surface area contributed by atoms with E-state index in [9.17, 15) is 0 Å². The van der Waals surface area contributed by atoms with Gasteiger partial charge >= 0.3 is 0 Å². The molecule has 0 unspecified atom stereocenters. The Balaban J connectivity index is 2.47. The van der Waals surface area contributed by atoms with Crippen molar-refractivity contribution in [3.8, 4) is 11.3 Å². The second-order valence-corrected chi connectivity index (χ2v) is 3.38. The molecule has 0 atom stereocenters. The highest BCUT2D eigenvalue weighted by Crippen LogP contribution is 2.26. The molecule has 0 aliphatic rings. The minimum Gasteiger partial charge on any atom is -0.368 e. The smallest absolute Gasteiger partial charge is 0.222 e. The van der Waals surface area contributed by atoms with Crippen molar-refractivity contribution < 1.29 is 4.52 Å². The van der Waals surface area contributed by atoms with Gasteiger partial charge in [-0.25, -0.2) is 4.98 Å². The maximum absolute atomic E-state index is 5.79. The first-order valence-corrected chi connectivity index (χ1v) is 4.46. The Morgan fingerprint density at radius 3 is 2.64 bits per heavy atom. The van der Waals surface area contributed by atoms with Crippen LogP contribution >= 0.6 is 23.2 Å². The van der Waals surface area contributed by atoms with Crippen molar-refractivity contribution in [1.82, 2.24) is 10.1 Å². The number of nitrogen functional groups attached to an aromatic ring is 1. The van der Waals surface area contributed by atoms with Crippen LogP contribution in [0.4, 0.5) is 5.88 Å². The molecule has 2 heterocycles. The van der Waals surface area contributed by atoms with Crippen molar-refractivity contribution in [1.29, 1.82) is 0 Å². The number of nitrogens with zero attached hydrogens (tertiary/aromatic N) is 2. The van der Waals surface area contributed by atoms with Crippen molar-refractivity contribution in [2.24, 2.45) is 0 Å². The second kappa shape index (κ2) is 3.48. The van der Waals surface area contributed by atoms with Gasteiger partial charge in [0.15, 0.2) is 0 Å². The van der Waals surface area contributed by atoms with Gasteiger partial charge in [-0.3, -0.25) is 0 Å². The first kappa shape index (κ1) is 9.30. The molecular weight excluding hydrogens is 225 g/mol. The summed E-state index contributed by atoms with van der Waals surface area (Å²) in [5.41, 5.74) is 6.66. The lowest BCUT2D eigenvalue weighted by Gasteiger charge is -1.96. The number of hydrogen-bond acceptors (Lipinski definition) is 4. The van der Waals surface area contributed by atoms with Crippen LogP contribution in [0.5, 0.6) is 0 Å². The van der Waals surface area contributed by atoms with Crippen molar-refractivity contribution in [3.05, 3.63) is 28.5 Å². The van der Waals surface area contributed by atoms with Crippen LogP contribution in [0.1, 0.15) is 0 Å². The van der Waals surface area contributed by atoms with Crippen molar-refractivity contribution >= 4 is 29.1 Å². The van der Waals surface area contributed by atoms with E-state index in [0.717, 1.165) is 0 Å². The van der Waals surface area contributed by atoms with E-state index in [1.807, 2.05) is 0 Å². The number of nitrogens with two attached hydrogens (primary N) is 1. The Bertz CT molecular complexity index is 469. The molecular formula is C8H5Cl2N3O. The van der Waals surface area contributed by atoms with E-state index in [1.54, 1.807) is 18.3 Å². The van der Waals surface area contributed by atoms with E-state index < -0.39 is 0 Å². The number of rotatable bonds is 1. The summed E-state index contributed by atoms with van der Waals surface area (Å²) in [5.74, 6) is 0.242. The molecule has 0 aromatic carbocycles. The predicted octanol–water partition coefficient (Wildman–Crippen LogP) is 2.63. The lowest BCUT2D eigenvalue weighted by Crippen LogP contribution is -1.81. The van der Waals surface area contributed by atoms with Crippen LogP contribution in [0.3, 0.4) is 0 Å². The van der Waals surface area contributed by atoms with Gasteiger partial charge in [-0.05, 0) is 6.07 Å². The Labute approximate surface area is 89.6 Å². The van der Waals surface area contributed by atoms with Gasteiger partial charge in [-0.1, -0.05) is 28.4 Å². The summed E-state index contributed by atoms with van der Waals surface area (Å²) >= 11 is 11.4. The molecule has 2 N–H and O–H groups in total. The highest BCUT2D eigenvalue weighted by molar-refractivity contribution is 6.41. The normalized spacial score (nSPS) is 10.4. The molecule has 0 saturated carbocycles. The fourth-order valence-electron chi connectivity index (χ4n) is 0.987. The standard InChI is InChI=1S/C8H5Cl2N3O/c9-5-1-4(3-12-8(5)10)6-2-7(11)14-13-6/h1-3H,11H2. The molecule has 14 heavy (non-hydrogen) atoms. The largest absolute Gasteiger partial charge is 0.368 e. The van der Waals surface area contributed by atoms with E-state index in [4.69, 9.17) is 33.5 Å². The third-order valence-corrected chi connectivity index (χ3v) is 2.31. The SMILES string of the molecule is Nc1cc(-c2cnc(Cl)c(Cl)c2)no1. The number of halogens is 2. The Morgan fingerprint density at radius 2 is 2.07 bits per heavy atom. The van der Waals surface area contributed by atoms with Crippen LogP contribution in [-0.2, 0) is 0 Å². The molecule has 0 amide bonds. The van der Waals surface area contributed by atoms with Gasteiger partial charge in [0.1, 0.15) is 10.8 Å². The quantitative estimate of drug-likeness (QED) is 0.764. The predicted molar refractivity (Wildman–Crippen MR) is 54.2 cm³/mol. The Hall–Kier alpha value is -1.26. The number of hydrogen-bond donors (Lipinski definition) is 1. The third-order valence-electron chi connectivity index (χ3n) is 1.62. The molecule has 72 valence electrons. The third kappa shape index (κ3) is 1.66. The summed E-state index contributed by atoms with van der Waals surface area (Å²) < 4.78 is 4.71. The molecule has 0 radical (unpaired) electrons. The van der Waals surface area contributed by atoms with Crippen LogP contribution in [0.15, 0.2) is 22.9 Å². The highest BCUT2D eigenvalue weighted by atomic mass is 35.5. The molecule has 2 aromatic rings. The summed E-state index contributed by atoms with van der Waals surface area (Å²) in [6.07, 6.45) is 1.55. The zero-order chi connectivity index (χ0) is 10.1. The summed E-state index contributed by atoms with van der Waals surface area (Å²) in [5, 5.41) is 4.34. The molecule has 0 bridgehead atoms. The van der Waals surface area contributed by atoms with Gasteiger partial charge in [0.25, 0.3) is 0 Å². The summed E-state index contributed by atoms with van der Waals surface area (Å²) in [7, 11) is 0. The van der Waals surface area contributed by atoms with Crippen LogP contribution in [0.25, 0.3) is 11.3 Å². The van der Waals surface area contributed by atoms with Crippen LogP contribution in [-0.4, -0.2) is 10.1 Å². The van der Waals surface area contributed by atoms with Gasteiger partial charge in [0.2, 0.25) is 5.88 Å². The zero-order valence-electron chi connectivity index (χ0n) is 6.87. The second-order valence-electron chi connectivity index (χ2n) is 2.61. The maximum Gasteiger partial charge on any atom is 0.222 e. The Morgan fingerprint density at radius 1 is 1.29 bits per heavy atom. The van der Waals surface area contributed by atoms with Gasteiger partial charge in [0.05, 0.1) is 5.02 Å². The van der Waals surface area contributed by atoms with E-state index in [-0.39, 0.29) is 11.0 Å². The van der Waals surface area contributed by atoms with Crippen LogP contribution < -0.4 is 5.73 Å². The molecule has 6 heteroatoms. The molecule has 0 fully saturated rings.